The number of rotatable bonds is 7. The van der Waals surface area contributed by atoms with Crippen LogP contribution in [0.2, 0.25) is 0 Å². The highest BCUT2D eigenvalue weighted by Crippen LogP contribution is 2.39. The van der Waals surface area contributed by atoms with Crippen LogP contribution in [0.4, 0.5) is 0 Å². The van der Waals surface area contributed by atoms with Crippen LogP contribution >= 0.6 is 0 Å². The normalized spacial score (nSPS) is 9.92. The summed E-state index contributed by atoms with van der Waals surface area (Å²) >= 11 is 0. The van der Waals surface area contributed by atoms with Crippen LogP contribution in [0, 0.1) is 0 Å². The molecular weight excluding hydrogens is 332 g/mol. The molecule has 0 spiro atoms. The second kappa shape index (κ2) is 9.41. The summed E-state index contributed by atoms with van der Waals surface area (Å²) in [4.78, 5) is 46.0. The molecule has 136 valence electrons. The van der Waals surface area contributed by atoms with Crippen molar-refractivity contribution in [2.24, 2.45) is 0 Å². The van der Waals surface area contributed by atoms with Crippen molar-refractivity contribution in [2.45, 2.75) is 40.5 Å². The van der Waals surface area contributed by atoms with Crippen molar-refractivity contribution in [3.8, 4) is 17.2 Å². The highest BCUT2D eigenvalue weighted by Gasteiger charge is 2.22. The van der Waals surface area contributed by atoms with Gasteiger partial charge in [0.2, 0.25) is 5.75 Å². The predicted octanol–water partition coefficient (Wildman–Crippen LogP) is 2.42. The van der Waals surface area contributed by atoms with Crippen LogP contribution in [-0.4, -0.2) is 30.5 Å². The molecule has 0 N–H and O–H groups in total. The van der Waals surface area contributed by atoms with Gasteiger partial charge in [-0.05, 0) is 18.6 Å². The molecule has 0 heterocycles. The molecule has 1 aromatic carbocycles. The molecule has 0 atom stereocenters. The van der Waals surface area contributed by atoms with Gasteiger partial charge in [-0.3, -0.25) is 14.4 Å². The molecule has 1 rings (SSSR count). The lowest BCUT2D eigenvalue weighted by Crippen LogP contribution is -2.13. The van der Waals surface area contributed by atoms with E-state index in [-0.39, 0.29) is 29.4 Å². The standard InChI is InChI=1S/C17H20O8/c1-5-6-7-22-17(21)13-8-14(23-10(2)18)16(25-12(4)20)15(9-13)24-11(3)19/h8-9H,5-7H2,1-4H3. The maximum atomic E-state index is 12.1. The molecule has 8 nitrogen and oxygen atoms in total. The Morgan fingerprint density at radius 1 is 0.840 bits per heavy atom. The highest BCUT2D eigenvalue weighted by atomic mass is 16.6. The summed E-state index contributed by atoms with van der Waals surface area (Å²) in [5.74, 6) is -3.57. The summed E-state index contributed by atoms with van der Waals surface area (Å²) in [7, 11) is 0. The summed E-state index contributed by atoms with van der Waals surface area (Å²) in [5.41, 5.74) is -0.0143. The molecule has 0 saturated carbocycles. The summed E-state index contributed by atoms with van der Waals surface area (Å²) in [6.45, 7) is 5.55. The molecule has 0 amide bonds. The van der Waals surface area contributed by atoms with Gasteiger partial charge in [0.25, 0.3) is 0 Å². The van der Waals surface area contributed by atoms with Crippen molar-refractivity contribution in [2.75, 3.05) is 6.61 Å². The number of benzene rings is 1. The second-order valence-electron chi connectivity index (χ2n) is 5.07. The SMILES string of the molecule is CCCCOC(=O)c1cc(OC(C)=O)c(OC(C)=O)c(OC(C)=O)c1. The van der Waals surface area contributed by atoms with Crippen molar-refractivity contribution in [1.82, 2.24) is 0 Å². The van der Waals surface area contributed by atoms with Gasteiger partial charge in [-0.1, -0.05) is 13.3 Å². The van der Waals surface area contributed by atoms with Gasteiger partial charge in [-0.25, -0.2) is 4.79 Å². The smallest absolute Gasteiger partial charge is 0.338 e. The molecular formula is C17H20O8. The van der Waals surface area contributed by atoms with E-state index in [4.69, 9.17) is 18.9 Å². The first-order chi connectivity index (χ1) is 11.7. The monoisotopic (exact) mass is 352 g/mol. The van der Waals surface area contributed by atoms with Crippen LogP contribution in [0.5, 0.6) is 17.2 Å². The van der Waals surface area contributed by atoms with Gasteiger partial charge >= 0.3 is 23.9 Å². The van der Waals surface area contributed by atoms with Gasteiger partial charge in [0.1, 0.15) is 0 Å². The van der Waals surface area contributed by atoms with E-state index in [1.807, 2.05) is 6.92 Å². The molecule has 1 aromatic rings. The zero-order valence-electron chi connectivity index (χ0n) is 14.5. The van der Waals surface area contributed by atoms with Gasteiger partial charge in [-0.2, -0.15) is 0 Å². The number of hydrogen-bond acceptors (Lipinski definition) is 8. The Morgan fingerprint density at radius 2 is 1.32 bits per heavy atom. The number of unbranched alkanes of at least 4 members (excludes halogenated alkanes) is 1. The van der Waals surface area contributed by atoms with Gasteiger partial charge in [0, 0.05) is 20.8 Å². The molecule has 0 saturated heterocycles. The van der Waals surface area contributed by atoms with Crippen LogP contribution in [0.1, 0.15) is 50.9 Å². The number of esters is 4. The topological polar surface area (TPSA) is 105 Å². The van der Waals surface area contributed by atoms with Crippen LogP contribution in [0.3, 0.4) is 0 Å². The van der Waals surface area contributed by atoms with E-state index in [2.05, 4.69) is 0 Å². The van der Waals surface area contributed by atoms with Crippen molar-refractivity contribution >= 4 is 23.9 Å². The fourth-order valence-electron chi connectivity index (χ4n) is 1.79. The van der Waals surface area contributed by atoms with E-state index in [0.717, 1.165) is 27.2 Å². The summed E-state index contributed by atoms with van der Waals surface area (Å²) < 4.78 is 20.0. The minimum atomic E-state index is -0.722. The molecule has 0 aliphatic carbocycles. The first-order valence-corrected chi connectivity index (χ1v) is 7.65. The highest BCUT2D eigenvalue weighted by molar-refractivity contribution is 5.92. The van der Waals surface area contributed by atoms with Gasteiger partial charge in [0.05, 0.1) is 12.2 Å². The van der Waals surface area contributed by atoms with Crippen LogP contribution < -0.4 is 14.2 Å². The molecule has 0 bridgehead atoms. The van der Waals surface area contributed by atoms with Crippen molar-refractivity contribution in [3.05, 3.63) is 17.7 Å². The van der Waals surface area contributed by atoms with Crippen molar-refractivity contribution in [3.63, 3.8) is 0 Å². The molecule has 25 heavy (non-hydrogen) atoms. The molecule has 8 heteroatoms. The van der Waals surface area contributed by atoms with E-state index >= 15 is 0 Å². The lowest BCUT2D eigenvalue weighted by atomic mass is 10.2. The third-order valence-electron chi connectivity index (χ3n) is 2.74. The molecule has 0 radical (unpaired) electrons. The van der Waals surface area contributed by atoms with Crippen molar-refractivity contribution in [1.29, 1.82) is 0 Å². The summed E-state index contributed by atoms with van der Waals surface area (Å²) in [6.07, 6.45) is 1.53. The fourth-order valence-corrected chi connectivity index (χ4v) is 1.79. The minimum Gasteiger partial charge on any atom is -0.462 e. The molecule has 0 fully saturated rings. The first-order valence-electron chi connectivity index (χ1n) is 7.65. The van der Waals surface area contributed by atoms with E-state index in [1.54, 1.807) is 0 Å². The Morgan fingerprint density at radius 3 is 1.72 bits per heavy atom. The third kappa shape index (κ3) is 6.62. The second-order valence-corrected chi connectivity index (χ2v) is 5.07. The molecule has 0 aromatic heterocycles. The number of carbonyl (C=O) groups excluding carboxylic acids is 4. The maximum Gasteiger partial charge on any atom is 0.338 e. The summed E-state index contributed by atoms with van der Waals surface area (Å²) in [6, 6.07) is 2.36. The average Bonchev–Trinajstić information content (AvgIpc) is 2.48. The van der Waals surface area contributed by atoms with Crippen molar-refractivity contribution < 1.29 is 38.1 Å². The van der Waals surface area contributed by atoms with E-state index in [1.165, 1.54) is 12.1 Å². The zero-order valence-corrected chi connectivity index (χ0v) is 14.5. The Balaban J connectivity index is 3.34. The van der Waals surface area contributed by atoms with E-state index < -0.39 is 23.9 Å². The molecule has 0 aliphatic heterocycles. The quantitative estimate of drug-likeness (QED) is 0.418. The van der Waals surface area contributed by atoms with Crippen LogP contribution in [0.15, 0.2) is 12.1 Å². The zero-order chi connectivity index (χ0) is 19.0. The number of hydrogen-bond donors (Lipinski definition) is 0. The molecule has 0 unspecified atom stereocenters. The fraction of sp³-hybridized carbons (Fsp3) is 0.412. The Bertz CT molecular complexity index is 640. The third-order valence-corrected chi connectivity index (χ3v) is 2.74. The summed E-state index contributed by atoms with van der Waals surface area (Å²) in [5, 5.41) is 0. The lowest BCUT2D eigenvalue weighted by Gasteiger charge is -2.14. The predicted molar refractivity (Wildman–Crippen MR) is 85.6 cm³/mol. The van der Waals surface area contributed by atoms with E-state index in [0.29, 0.717) is 6.42 Å². The van der Waals surface area contributed by atoms with E-state index in [9.17, 15) is 19.2 Å². The number of ether oxygens (including phenoxy) is 4. The Kier molecular flexibility index (Phi) is 7.58. The first kappa shape index (κ1) is 20.1. The lowest BCUT2D eigenvalue weighted by molar-refractivity contribution is -0.135. The Hall–Kier alpha value is -2.90. The van der Waals surface area contributed by atoms with Crippen LogP contribution in [-0.2, 0) is 19.1 Å². The van der Waals surface area contributed by atoms with Gasteiger partial charge < -0.3 is 18.9 Å². The van der Waals surface area contributed by atoms with Gasteiger partial charge in [0.15, 0.2) is 11.5 Å². The largest absolute Gasteiger partial charge is 0.462 e. The molecule has 0 aliphatic rings. The minimum absolute atomic E-state index is 0.0143. The van der Waals surface area contributed by atoms with Gasteiger partial charge in [-0.15, -0.1) is 0 Å². The Labute approximate surface area is 145 Å². The number of carbonyl (C=O) groups is 4. The van der Waals surface area contributed by atoms with Crippen LogP contribution in [0.25, 0.3) is 0 Å². The maximum absolute atomic E-state index is 12.1. The average molecular weight is 352 g/mol.